The first-order valence-corrected chi connectivity index (χ1v) is 11.4. The zero-order valence-corrected chi connectivity index (χ0v) is 18.2. The predicted molar refractivity (Wildman–Crippen MR) is 106 cm³/mol. The molecular weight excluding hydrogens is 348 g/mol. The Bertz CT molecular complexity index is 562. The number of rotatable bonds is 10. The molecule has 1 N–H and O–H groups in total. The number of phenols is 1. The molecule has 0 radical (unpaired) electrons. The molecule has 0 saturated heterocycles. The molecule has 0 saturated carbocycles. The van der Waals surface area contributed by atoms with Crippen LogP contribution in [0.4, 0.5) is 0 Å². The highest BCUT2D eigenvalue weighted by Gasteiger charge is 2.44. The zero-order valence-electron chi connectivity index (χ0n) is 17.2. The molecule has 0 heterocycles. The SMILES string of the molecule is COC(=O)Cc1cc(O)cc(OCCO[Si](C(C)C)(C(C)C)C(C)C)c1. The quantitative estimate of drug-likeness (QED) is 0.362. The van der Waals surface area contributed by atoms with Gasteiger partial charge in [-0.1, -0.05) is 41.5 Å². The first kappa shape index (κ1) is 22.5. The Morgan fingerprint density at radius 2 is 1.58 bits per heavy atom. The average Bonchev–Trinajstić information content (AvgIpc) is 2.53. The number of esters is 1. The summed E-state index contributed by atoms with van der Waals surface area (Å²) in [6, 6.07) is 4.82. The maximum Gasteiger partial charge on any atom is 0.309 e. The van der Waals surface area contributed by atoms with Gasteiger partial charge in [0.05, 0.1) is 20.1 Å². The Morgan fingerprint density at radius 1 is 1.00 bits per heavy atom. The molecule has 6 heteroatoms. The minimum atomic E-state index is -1.90. The largest absolute Gasteiger partial charge is 0.508 e. The molecular formula is C20H34O5Si. The molecule has 0 aromatic heterocycles. The molecule has 0 spiro atoms. The van der Waals surface area contributed by atoms with Crippen LogP contribution >= 0.6 is 0 Å². The lowest BCUT2D eigenvalue weighted by molar-refractivity contribution is -0.139. The van der Waals surface area contributed by atoms with Crippen LogP contribution in [-0.4, -0.2) is 39.7 Å². The fourth-order valence-electron chi connectivity index (χ4n) is 3.95. The van der Waals surface area contributed by atoms with E-state index in [-0.39, 0.29) is 18.1 Å². The summed E-state index contributed by atoms with van der Waals surface area (Å²) >= 11 is 0. The van der Waals surface area contributed by atoms with Crippen molar-refractivity contribution in [1.82, 2.24) is 0 Å². The third kappa shape index (κ3) is 5.74. The molecule has 0 fully saturated rings. The van der Waals surface area contributed by atoms with Crippen LogP contribution in [0.2, 0.25) is 16.6 Å². The van der Waals surface area contributed by atoms with Crippen molar-refractivity contribution in [2.45, 2.75) is 64.6 Å². The molecule has 0 bridgehead atoms. The number of carbonyl (C=O) groups is 1. The maximum absolute atomic E-state index is 11.4. The summed E-state index contributed by atoms with van der Waals surface area (Å²) in [4.78, 5) is 11.4. The van der Waals surface area contributed by atoms with Gasteiger partial charge in [0.1, 0.15) is 18.1 Å². The van der Waals surface area contributed by atoms with E-state index in [1.165, 1.54) is 13.2 Å². The van der Waals surface area contributed by atoms with Crippen LogP contribution < -0.4 is 4.74 Å². The number of aromatic hydroxyl groups is 1. The predicted octanol–water partition coefficient (Wildman–Crippen LogP) is 4.68. The highest BCUT2D eigenvalue weighted by atomic mass is 28.4. The fraction of sp³-hybridized carbons (Fsp3) is 0.650. The summed E-state index contributed by atoms with van der Waals surface area (Å²) < 4.78 is 16.9. The summed E-state index contributed by atoms with van der Waals surface area (Å²) in [6.07, 6.45) is 0.0990. The van der Waals surface area contributed by atoms with Crippen molar-refractivity contribution in [3.8, 4) is 11.5 Å². The summed E-state index contributed by atoms with van der Waals surface area (Å²) in [5.41, 5.74) is 2.22. The van der Waals surface area contributed by atoms with E-state index in [2.05, 4.69) is 46.3 Å². The Balaban J connectivity index is 2.71. The van der Waals surface area contributed by atoms with E-state index in [0.29, 0.717) is 41.2 Å². The molecule has 0 atom stereocenters. The molecule has 148 valence electrons. The number of ether oxygens (including phenoxy) is 2. The monoisotopic (exact) mass is 382 g/mol. The van der Waals surface area contributed by atoms with Crippen molar-refractivity contribution < 1.29 is 23.8 Å². The summed E-state index contributed by atoms with van der Waals surface area (Å²) in [6.45, 7) is 14.4. The highest BCUT2D eigenvalue weighted by Crippen LogP contribution is 2.42. The van der Waals surface area contributed by atoms with Crippen LogP contribution in [0.3, 0.4) is 0 Å². The fourth-order valence-corrected chi connectivity index (χ4v) is 9.38. The smallest absolute Gasteiger partial charge is 0.309 e. The van der Waals surface area contributed by atoms with Crippen LogP contribution in [0.1, 0.15) is 47.1 Å². The van der Waals surface area contributed by atoms with Crippen LogP contribution in [0.15, 0.2) is 18.2 Å². The molecule has 1 aromatic rings. The van der Waals surface area contributed by atoms with E-state index < -0.39 is 8.32 Å². The average molecular weight is 383 g/mol. The molecule has 0 aliphatic heterocycles. The van der Waals surface area contributed by atoms with E-state index in [1.54, 1.807) is 12.1 Å². The van der Waals surface area contributed by atoms with Crippen molar-refractivity contribution >= 4 is 14.3 Å². The third-order valence-corrected chi connectivity index (χ3v) is 11.1. The second kappa shape index (κ2) is 9.97. The van der Waals surface area contributed by atoms with Crippen molar-refractivity contribution in [3.05, 3.63) is 23.8 Å². The van der Waals surface area contributed by atoms with E-state index in [4.69, 9.17) is 9.16 Å². The number of hydrogen-bond acceptors (Lipinski definition) is 5. The summed E-state index contributed by atoms with van der Waals surface area (Å²) in [7, 11) is -0.563. The summed E-state index contributed by atoms with van der Waals surface area (Å²) in [5, 5.41) is 9.83. The van der Waals surface area contributed by atoms with Gasteiger partial charge in [0, 0.05) is 6.07 Å². The van der Waals surface area contributed by atoms with Gasteiger partial charge in [-0.05, 0) is 34.3 Å². The van der Waals surface area contributed by atoms with Crippen LogP contribution in [0, 0.1) is 0 Å². The Kier molecular flexibility index (Phi) is 8.63. The van der Waals surface area contributed by atoms with Gasteiger partial charge in [-0.2, -0.15) is 0 Å². The van der Waals surface area contributed by atoms with Crippen LogP contribution in [0.25, 0.3) is 0 Å². The number of hydrogen-bond donors (Lipinski definition) is 1. The standard InChI is InChI=1S/C20H34O5Si/c1-14(2)26(15(3)4,16(5)6)25-9-8-24-19-11-17(10-18(21)13-19)12-20(22)23-7/h10-11,13-16,21H,8-9,12H2,1-7H3. The van der Waals surface area contributed by atoms with E-state index >= 15 is 0 Å². The number of carbonyl (C=O) groups excluding carboxylic acids is 1. The van der Waals surface area contributed by atoms with Crippen molar-refractivity contribution in [2.75, 3.05) is 20.3 Å². The molecule has 0 aliphatic carbocycles. The Morgan fingerprint density at radius 3 is 2.08 bits per heavy atom. The lowest BCUT2D eigenvalue weighted by Gasteiger charge is -2.42. The van der Waals surface area contributed by atoms with Gasteiger partial charge in [0.15, 0.2) is 8.32 Å². The van der Waals surface area contributed by atoms with Gasteiger partial charge >= 0.3 is 5.97 Å². The van der Waals surface area contributed by atoms with Gasteiger partial charge in [-0.25, -0.2) is 0 Å². The molecule has 0 aliphatic rings. The van der Waals surface area contributed by atoms with Crippen molar-refractivity contribution in [1.29, 1.82) is 0 Å². The van der Waals surface area contributed by atoms with Gasteiger partial charge in [0.25, 0.3) is 0 Å². The number of phenolic OH excluding ortho intramolecular Hbond substituents is 1. The van der Waals surface area contributed by atoms with Gasteiger partial charge in [-0.3, -0.25) is 4.79 Å². The van der Waals surface area contributed by atoms with E-state index in [0.717, 1.165) is 0 Å². The topological polar surface area (TPSA) is 65.0 Å². The Hall–Kier alpha value is -1.53. The van der Waals surface area contributed by atoms with Crippen LogP contribution in [0.5, 0.6) is 11.5 Å². The van der Waals surface area contributed by atoms with Gasteiger partial charge < -0.3 is 19.0 Å². The van der Waals surface area contributed by atoms with Crippen molar-refractivity contribution in [2.24, 2.45) is 0 Å². The van der Waals surface area contributed by atoms with Crippen LogP contribution in [-0.2, 0) is 20.4 Å². The first-order valence-electron chi connectivity index (χ1n) is 9.29. The first-order chi connectivity index (χ1) is 12.1. The van der Waals surface area contributed by atoms with Crippen molar-refractivity contribution in [3.63, 3.8) is 0 Å². The lowest BCUT2D eigenvalue weighted by Crippen LogP contribution is -2.48. The minimum Gasteiger partial charge on any atom is -0.508 e. The molecule has 5 nitrogen and oxygen atoms in total. The van der Waals surface area contributed by atoms with E-state index in [9.17, 15) is 9.90 Å². The van der Waals surface area contributed by atoms with Gasteiger partial charge in [-0.15, -0.1) is 0 Å². The van der Waals surface area contributed by atoms with E-state index in [1.807, 2.05) is 0 Å². The van der Waals surface area contributed by atoms with Gasteiger partial charge in [0.2, 0.25) is 0 Å². The second-order valence-corrected chi connectivity index (χ2v) is 13.1. The molecule has 0 amide bonds. The molecule has 0 unspecified atom stereocenters. The maximum atomic E-state index is 11.4. The second-order valence-electron chi connectivity index (χ2n) is 7.60. The molecule has 1 rings (SSSR count). The zero-order chi connectivity index (χ0) is 19.9. The molecule has 1 aromatic carbocycles. The summed E-state index contributed by atoms with van der Waals surface area (Å²) in [5.74, 6) is 0.238. The molecule has 26 heavy (non-hydrogen) atoms. The third-order valence-electron chi connectivity index (χ3n) is 4.94. The normalized spacial score (nSPS) is 12.1. The lowest BCUT2D eigenvalue weighted by atomic mass is 10.1. The highest BCUT2D eigenvalue weighted by molar-refractivity contribution is 6.77. The minimum absolute atomic E-state index is 0.0672. The number of benzene rings is 1. The number of methoxy groups -OCH3 is 1. The Labute approximate surface area is 158 Å².